The lowest BCUT2D eigenvalue weighted by Crippen LogP contribution is -2.37. The summed E-state index contributed by atoms with van der Waals surface area (Å²) >= 11 is 0. The molecule has 2 fully saturated rings. The summed E-state index contributed by atoms with van der Waals surface area (Å²) in [6, 6.07) is 0.625. The molecule has 100 valence electrons. The molecule has 4 atom stereocenters. The predicted octanol–water partition coefficient (Wildman–Crippen LogP) is 2.79. The molecule has 2 heteroatoms. The van der Waals surface area contributed by atoms with Gasteiger partial charge < -0.3 is 10.6 Å². The molecule has 0 aliphatic heterocycles. The molecule has 2 aliphatic carbocycles. The van der Waals surface area contributed by atoms with Crippen molar-refractivity contribution in [2.75, 3.05) is 19.6 Å². The molecule has 2 saturated carbocycles. The van der Waals surface area contributed by atoms with Crippen molar-refractivity contribution in [1.82, 2.24) is 10.6 Å². The van der Waals surface area contributed by atoms with E-state index in [1.807, 2.05) is 0 Å². The van der Waals surface area contributed by atoms with Crippen LogP contribution in [0.1, 0.15) is 52.4 Å². The van der Waals surface area contributed by atoms with E-state index < -0.39 is 0 Å². The molecule has 2 N–H and O–H groups in total. The van der Waals surface area contributed by atoms with E-state index in [0.717, 1.165) is 30.8 Å². The Morgan fingerprint density at radius 2 is 2.06 bits per heavy atom. The van der Waals surface area contributed by atoms with Crippen LogP contribution in [0, 0.1) is 17.8 Å². The zero-order valence-electron chi connectivity index (χ0n) is 11.7. The first-order chi connectivity index (χ1) is 8.29. The van der Waals surface area contributed by atoms with Gasteiger partial charge in [0.25, 0.3) is 0 Å². The third kappa shape index (κ3) is 3.96. The molecule has 0 aromatic carbocycles. The Balaban J connectivity index is 1.51. The van der Waals surface area contributed by atoms with Gasteiger partial charge in [0.05, 0.1) is 0 Å². The van der Waals surface area contributed by atoms with Gasteiger partial charge in [-0.15, -0.1) is 0 Å². The lowest BCUT2D eigenvalue weighted by Gasteiger charge is -2.23. The number of hydrogen-bond donors (Lipinski definition) is 2. The van der Waals surface area contributed by atoms with Gasteiger partial charge in [-0.25, -0.2) is 0 Å². The van der Waals surface area contributed by atoms with Gasteiger partial charge >= 0.3 is 0 Å². The third-order valence-corrected chi connectivity index (χ3v) is 4.77. The normalized spacial score (nSPS) is 33.2. The van der Waals surface area contributed by atoms with Crippen molar-refractivity contribution >= 4 is 0 Å². The highest BCUT2D eigenvalue weighted by Crippen LogP contribution is 2.49. The minimum Gasteiger partial charge on any atom is -0.315 e. The van der Waals surface area contributed by atoms with Gasteiger partial charge in [-0.1, -0.05) is 13.3 Å². The molecule has 0 aromatic rings. The van der Waals surface area contributed by atoms with Crippen LogP contribution in [0.3, 0.4) is 0 Å². The average Bonchev–Trinajstić information content (AvgIpc) is 2.91. The van der Waals surface area contributed by atoms with E-state index in [0.29, 0.717) is 6.04 Å². The molecule has 0 aromatic heterocycles. The van der Waals surface area contributed by atoms with E-state index in [-0.39, 0.29) is 0 Å². The molecule has 4 unspecified atom stereocenters. The lowest BCUT2D eigenvalue weighted by atomic mass is 9.86. The van der Waals surface area contributed by atoms with Gasteiger partial charge in [0.15, 0.2) is 0 Å². The van der Waals surface area contributed by atoms with Crippen molar-refractivity contribution in [3.8, 4) is 0 Å². The van der Waals surface area contributed by atoms with Crippen LogP contribution in [0.15, 0.2) is 0 Å². The van der Waals surface area contributed by atoms with Crippen molar-refractivity contribution < 1.29 is 0 Å². The van der Waals surface area contributed by atoms with Crippen LogP contribution < -0.4 is 10.6 Å². The van der Waals surface area contributed by atoms with E-state index >= 15 is 0 Å². The first kappa shape index (κ1) is 13.4. The van der Waals surface area contributed by atoms with E-state index in [9.17, 15) is 0 Å². The second-order valence-electron chi connectivity index (χ2n) is 6.28. The Kier molecular flexibility index (Phi) is 5.30. The monoisotopic (exact) mass is 238 g/mol. The number of hydrogen-bond acceptors (Lipinski definition) is 2. The summed E-state index contributed by atoms with van der Waals surface area (Å²) in [7, 11) is 0. The smallest absolute Gasteiger partial charge is 0.0164 e. The van der Waals surface area contributed by atoms with E-state index in [4.69, 9.17) is 0 Å². The summed E-state index contributed by atoms with van der Waals surface area (Å²) in [5.41, 5.74) is 0. The molecule has 2 bridgehead atoms. The van der Waals surface area contributed by atoms with Crippen LogP contribution in [0.5, 0.6) is 0 Å². The van der Waals surface area contributed by atoms with Crippen molar-refractivity contribution in [2.24, 2.45) is 17.8 Å². The topological polar surface area (TPSA) is 24.1 Å². The molecule has 0 amide bonds. The zero-order chi connectivity index (χ0) is 12.1. The molecular weight excluding hydrogens is 208 g/mol. The predicted molar refractivity (Wildman–Crippen MR) is 74.2 cm³/mol. The fraction of sp³-hybridized carbons (Fsp3) is 1.00. The van der Waals surface area contributed by atoms with Gasteiger partial charge in [0.1, 0.15) is 0 Å². The van der Waals surface area contributed by atoms with Crippen LogP contribution in [0.25, 0.3) is 0 Å². The first-order valence-corrected chi connectivity index (χ1v) is 7.73. The van der Waals surface area contributed by atoms with Crippen molar-refractivity contribution in [1.29, 1.82) is 0 Å². The van der Waals surface area contributed by atoms with Crippen LogP contribution >= 0.6 is 0 Å². The average molecular weight is 238 g/mol. The molecular formula is C15H30N2. The fourth-order valence-electron chi connectivity index (χ4n) is 3.81. The van der Waals surface area contributed by atoms with E-state index in [1.165, 1.54) is 38.6 Å². The van der Waals surface area contributed by atoms with Crippen LogP contribution in [-0.2, 0) is 0 Å². The maximum Gasteiger partial charge on any atom is 0.0164 e. The van der Waals surface area contributed by atoms with E-state index in [1.54, 1.807) is 6.42 Å². The van der Waals surface area contributed by atoms with Gasteiger partial charge in [0, 0.05) is 12.6 Å². The highest BCUT2D eigenvalue weighted by Gasteiger charge is 2.38. The van der Waals surface area contributed by atoms with Gasteiger partial charge in [-0.05, 0) is 69.9 Å². The Morgan fingerprint density at radius 3 is 2.71 bits per heavy atom. The van der Waals surface area contributed by atoms with Gasteiger partial charge in [0.2, 0.25) is 0 Å². The first-order valence-electron chi connectivity index (χ1n) is 7.73. The molecule has 2 rings (SSSR count). The third-order valence-electron chi connectivity index (χ3n) is 4.77. The summed E-state index contributed by atoms with van der Waals surface area (Å²) in [5, 5.41) is 7.14. The highest BCUT2D eigenvalue weighted by molar-refractivity contribution is 4.90. The summed E-state index contributed by atoms with van der Waals surface area (Å²) in [4.78, 5) is 0. The standard InChI is InChI=1S/C15H30N2/c1-3-7-16-11-12(2)17-8-6-15-10-13-4-5-14(15)9-13/h12-17H,3-11H2,1-2H3. The van der Waals surface area contributed by atoms with Crippen LogP contribution in [0.4, 0.5) is 0 Å². The molecule has 0 spiro atoms. The molecule has 2 aliphatic rings. The minimum absolute atomic E-state index is 0.625. The molecule has 0 heterocycles. The maximum absolute atomic E-state index is 3.67. The highest BCUT2D eigenvalue weighted by atomic mass is 15.0. The maximum atomic E-state index is 3.67. The van der Waals surface area contributed by atoms with Gasteiger partial charge in [-0.2, -0.15) is 0 Å². The number of rotatable bonds is 8. The SMILES string of the molecule is CCCNCC(C)NCCC1CC2CCC1C2. The van der Waals surface area contributed by atoms with Gasteiger partial charge in [-0.3, -0.25) is 0 Å². The quantitative estimate of drug-likeness (QED) is 0.635. The van der Waals surface area contributed by atoms with Crippen molar-refractivity contribution in [3.05, 3.63) is 0 Å². The second kappa shape index (κ2) is 6.75. The Labute approximate surface area is 107 Å². The second-order valence-corrected chi connectivity index (χ2v) is 6.28. The van der Waals surface area contributed by atoms with E-state index in [2.05, 4.69) is 24.5 Å². The number of fused-ring (bicyclic) bond motifs is 2. The summed E-state index contributed by atoms with van der Waals surface area (Å²) in [6.45, 7) is 8.01. The summed E-state index contributed by atoms with van der Waals surface area (Å²) in [6.07, 6.45) is 8.80. The Hall–Kier alpha value is -0.0800. The van der Waals surface area contributed by atoms with Crippen molar-refractivity contribution in [3.63, 3.8) is 0 Å². The summed E-state index contributed by atoms with van der Waals surface area (Å²) < 4.78 is 0. The fourth-order valence-corrected chi connectivity index (χ4v) is 3.81. The molecule has 17 heavy (non-hydrogen) atoms. The van der Waals surface area contributed by atoms with Crippen LogP contribution in [0.2, 0.25) is 0 Å². The molecule has 2 nitrogen and oxygen atoms in total. The molecule has 0 saturated heterocycles. The zero-order valence-corrected chi connectivity index (χ0v) is 11.7. The lowest BCUT2D eigenvalue weighted by molar-refractivity contribution is 0.305. The Morgan fingerprint density at radius 1 is 1.18 bits per heavy atom. The Bertz CT molecular complexity index is 217. The molecule has 0 radical (unpaired) electrons. The van der Waals surface area contributed by atoms with Crippen molar-refractivity contribution in [2.45, 2.75) is 58.4 Å². The summed E-state index contributed by atoms with van der Waals surface area (Å²) in [5.74, 6) is 3.25. The number of nitrogens with one attached hydrogen (secondary N) is 2. The van der Waals surface area contributed by atoms with Crippen LogP contribution in [-0.4, -0.2) is 25.7 Å². The minimum atomic E-state index is 0.625. The largest absolute Gasteiger partial charge is 0.315 e.